The summed E-state index contributed by atoms with van der Waals surface area (Å²) < 4.78 is 16.5. The average Bonchev–Trinajstić information content (AvgIpc) is 2.71. The molecule has 1 aromatic rings. The van der Waals surface area contributed by atoms with Crippen LogP contribution in [-0.4, -0.2) is 54.4 Å². The Morgan fingerprint density at radius 2 is 1.34 bits per heavy atom. The second kappa shape index (κ2) is 12.4. The van der Waals surface area contributed by atoms with Crippen LogP contribution >= 0.6 is 0 Å². The number of amides is 3. The topological polar surface area (TPSA) is 141 Å². The van der Waals surface area contributed by atoms with Crippen molar-refractivity contribution in [1.29, 1.82) is 0 Å². The van der Waals surface area contributed by atoms with Crippen molar-refractivity contribution in [2.75, 3.05) is 13.2 Å². The van der Waals surface area contributed by atoms with Crippen molar-refractivity contribution in [3.63, 3.8) is 0 Å². The van der Waals surface area contributed by atoms with Crippen molar-refractivity contribution in [3.8, 4) is 0 Å². The minimum Gasteiger partial charge on any atom is -0.445 e. The maximum Gasteiger partial charge on any atom is 0.408 e. The van der Waals surface area contributed by atoms with E-state index in [0.29, 0.717) is 0 Å². The van der Waals surface area contributed by atoms with E-state index >= 15 is 0 Å². The van der Waals surface area contributed by atoms with E-state index in [-0.39, 0.29) is 19.8 Å². The molecule has 0 fully saturated rings. The predicted octanol–water partition coefficient (Wildman–Crippen LogP) is 1.39. The van der Waals surface area contributed by atoms with Crippen molar-refractivity contribution in [3.05, 3.63) is 35.9 Å². The van der Waals surface area contributed by atoms with Gasteiger partial charge < -0.3 is 24.8 Å². The van der Waals surface area contributed by atoms with Gasteiger partial charge in [0.15, 0.2) is 0 Å². The van der Waals surface area contributed by atoms with E-state index < -0.39 is 41.2 Å². The molecule has 3 amide bonds. The summed E-state index contributed by atoms with van der Waals surface area (Å²) in [7, 11) is 0. The Morgan fingerprint density at radius 3 is 1.81 bits per heavy atom. The van der Waals surface area contributed by atoms with Gasteiger partial charge in [0.05, 0.1) is 24.4 Å². The first-order valence-corrected chi connectivity index (χ1v) is 10.4. The summed E-state index contributed by atoms with van der Waals surface area (Å²) >= 11 is 0. The molecule has 0 spiro atoms. The third-order valence-corrected chi connectivity index (χ3v) is 3.96. The summed E-state index contributed by atoms with van der Waals surface area (Å²) in [4.78, 5) is 37.3. The van der Waals surface area contributed by atoms with E-state index in [2.05, 4.69) is 10.6 Å². The minimum atomic E-state index is -1.11. The number of carbonyl (C=O) groups excluding carboxylic acids is 3. The van der Waals surface area contributed by atoms with E-state index in [9.17, 15) is 14.4 Å². The van der Waals surface area contributed by atoms with Gasteiger partial charge in [-0.1, -0.05) is 30.3 Å². The number of alkyl carbamates (subject to hydrolysis) is 1. The summed E-state index contributed by atoms with van der Waals surface area (Å²) in [6.07, 6.45) is -0.794. The molecule has 0 unspecified atom stereocenters. The lowest BCUT2D eigenvalue weighted by atomic mass is 10.1. The zero-order valence-electron chi connectivity index (χ0n) is 19.7. The van der Waals surface area contributed by atoms with Gasteiger partial charge in [0.1, 0.15) is 18.7 Å². The lowest BCUT2D eigenvalue weighted by Crippen LogP contribution is -2.58. The van der Waals surface area contributed by atoms with Crippen LogP contribution in [0, 0.1) is 0 Å². The Kier molecular flexibility index (Phi) is 10.6. The van der Waals surface area contributed by atoms with Crippen molar-refractivity contribution in [2.45, 2.75) is 71.4 Å². The van der Waals surface area contributed by atoms with E-state index in [4.69, 9.17) is 20.1 Å². The Balaban J connectivity index is 2.83. The second-order valence-electron chi connectivity index (χ2n) is 9.18. The summed E-state index contributed by atoms with van der Waals surface area (Å²) in [6.45, 7) is 10.7. The predicted molar refractivity (Wildman–Crippen MR) is 119 cm³/mol. The Bertz CT molecular complexity index is 743. The van der Waals surface area contributed by atoms with Gasteiger partial charge in [-0.05, 0) is 47.1 Å². The van der Waals surface area contributed by atoms with E-state index in [1.165, 1.54) is 0 Å². The number of hydrogen-bond donors (Lipinski definition) is 4. The lowest BCUT2D eigenvalue weighted by Gasteiger charge is -2.27. The summed E-state index contributed by atoms with van der Waals surface area (Å²) in [5.74, 6) is 3.96. The number of hydrazine groups is 1. The first kappa shape index (κ1) is 27.3. The van der Waals surface area contributed by atoms with Crippen molar-refractivity contribution < 1.29 is 28.6 Å². The average molecular weight is 453 g/mol. The quantitative estimate of drug-likeness (QED) is 0.239. The van der Waals surface area contributed by atoms with Gasteiger partial charge in [-0.3, -0.25) is 15.0 Å². The van der Waals surface area contributed by atoms with Crippen LogP contribution in [0.2, 0.25) is 0 Å². The molecule has 0 radical (unpaired) electrons. The number of hydrogen-bond acceptors (Lipinski definition) is 7. The summed E-state index contributed by atoms with van der Waals surface area (Å²) in [6, 6.07) is 6.95. The van der Waals surface area contributed by atoms with E-state index in [1.54, 1.807) is 0 Å². The van der Waals surface area contributed by atoms with Crippen LogP contribution < -0.4 is 21.9 Å². The molecule has 0 heterocycles. The highest BCUT2D eigenvalue weighted by molar-refractivity contribution is 5.91. The maximum atomic E-state index is 12.9. The van der Waals surface area contributed by atoms with E-state index in [0.717, 1.165) is 5.56 Å². The van der Waals surface area contributed by atoms with Crippen LogP contribution in [-0.2, 0) is 30.4 Å². The fourth-order valence-electron chi connectivity index (χ4n) is 2.31. The Morgan fingerprint density at radius 1 is 0.844 bits per heavy atom. The van der Waals surface area contributed by atoms with Crippen LogP contribution in [0.5, 0.6) is 0 Å². The number of benzene rings is 1. The van der Waals surface area contributed by atoms with Crippen LogP contribution in [0.25, 0.3) is 0 Å². The molecular formula is C22H36N4O6. The van der Waals surface area contributed by atoms with Crippen molar-refractivity contribution in [2.24, 2.45) is 5.84 Å². The zero-order chi connectivity index (χ0) is 24.4. The van der Waals surface area contributed by atoms with Crippen LogP contribution in [0.15, 0.2) is 30.3 Å². The molecule has 5 N–H and O–H groups in total. The molecule has 10 nitrogen and oxygen atoms in total. The first-order valence-electron chi connectivity index (χ1n) is 10.4. The third-order valence-electron chi connectivity index (χ3n) is 3.96. The molecule has 2 atom stereocenters. The standard InChI is InChI=1S/C22H36N4O6/c1-21(2,3)31-13-16(25-20(29)30-12-15-10-8-7-9-11-15)18(27)24-17(19(28)26-23)14-32-22(4,5)6/h7-11,16-17H,12-14,23H2,1-6H3,(H,24,27)(H,25,29)(H,26,28)/t16-,17-/m0/s1. The molecule has 0 aromatic heterocycles. The minimum absolute atomic E-state index is 0.0404. The third kappa shape index (κ3) is 11.6. The molecule has 0 aliphatic carbocycles. The number of nitrogens with one attached hydrogen (secondary N) is 3. The molecule has 0 bridgehead atoms. The molecule has 180 valence electrons. The number of rotatable bonds is 10. The molecule has 32 heavy (non-hydrogen) atoms. The van der Waals surface area contributed by atoms with Gasteiger partial charge in [0, 0.05) is 0 Å². The van der Waals surface area contributed by atoms with Crippen molar-refractivity contribution in [1.82, 2.24) is 16.1 Å². The van der Waals surface area contributed by atoms with Gasteiger partial charge in [-0.2, -0.15) is 0 Å². The van der Waals surface area contributed by atoms with Crippen LogP contribution in [0.3, 0.4) is 0 Å². The lowest BCUT2D eigenvalue weighted by molar-refractivity contribution is -0.134. The highest BCUT2D eigenvalue weighted by Gasteiger charge is 2.29. The number of carbonyl (C=O) groups is 3. The summed E-state index contributed by atoms with van der Waals surface area (Å²) in [5, 5.41) is 5.04. The number of nitrogens with two attached hydrogens (primary N) is 1. The molecule has 0 aliphatic heterocycles. The van der Waals surface area contributed by atoms with Crippen LogP contribution in [0.4, 0.5) is 4.79 Å². The molecule has 1 rings (SSSR count). The zero-order valence-corrected chi connectivity index (χ0v) is 19.7. The largest absolute Gasteiger partial charge is 0.445 e. The van der Waals surface area contributed by atoms with Gasteiger partial charge in [0.2, 0.25) is 5.91 Å². The van der Waals surface area contributed by atoms with E-state index in [1.807, 2.05) is 77.3 Å². The molecular weight excluding hydrogens is 416 g/mol. The molecule has 0 saturated carbocycles. The van der Waals surface area contributed by atoms with Gasteiger partial charge >= 0.3 is 6.09 Å². The van der Waals surface area contributed by atoms with Crippen molar-refractivity contribution >= 4 is 17.9 Å². The first-order chi connectivity index (χ1) is 14.8. The number of ether oxygens (including phenoxy) is 3. The monoisotopic (exact) mass is 452 g/mol. The SMILES string of the molecule is CC(C)(C)OC[C@H](NC(=O)OCc1ccccc1)C(=O)N[C@@H](COC(C)(C)C)C(=O)NN. The Hall–Kier alpha value is -2.69. The molecule has 1 aromatic carbocycles. The molecule has 10 heteroatoms. The fourth-order valence-corrected chi connectivity index (χ4v) is 2.31. The molecule has 0 saturated heterocycles. The highest BCUT2D eigenvalue weighted by Crippen LogP contribution is 2.09. The summed E-state index contributed by atoms with van der Waals surface area (Å²) in [5.41, 5.74) is 1.71. The normalized spacial score (nSPS) is 13.6. The smallest absolute Gasteiger partial charge is 0.408 e. The second-order valence-corrected chi connectivity index (χ2v) is 9.18. The van der Waals surface area contributed by atoms with Gasteiger partial charge in [-0.25, -0.2) is 10.6 Å². The fraction of sp³-hybridized carbons (Fsp3) is 0.591. The van der Waals surface area contributed by atoms with Gasteiger partial charge in [-0.15, -0.1) is 0 Å². The Labute approximate surface area is 189 Å². The van der Waals surface area contributed by atoms with Crippen LogP contribution in [0.1, 0.15) is 47.1 Å². The highest BCUT2D eigenvalue weighted by atomic mass is 16.5. The van der Waals surface area contributed by atoms with Gasteiger partial charge in [0.25, 0.3) is 5.91 Å². The maximum absolute atomic E-state index is 12.9. The molecule has 0 aliphatic rings.